The van der Waals surface area contributed by atoms with Crippen LogP contribution in [0.4, 0.5) is 0 Å². The van der Waals surface area contributed by atoms with Crippen LogP contribution in [0.3, 0.4) is 0 Å². The molecule has 4 nitrogen and oxygen atoms in total. The molecule has 0 aliphatic rings. The number of hydrogen-bond donors (Lipinski definition) is 2. The van der Waals surface area contributed by atoms with E-state index in [4.69, 9.17) is 10.8 Å². The molecule has 14 heavy (non-hydrogen) atoms. The fourth-order valence-corrected chi connectivity index (χ4v) is 1.57. The van der Waals surface area contributed by atoms with Crippen LogP contribution >= 0.6 is 15.9 Å². The van der Waals surface area contributed by atoms with Gasteiger partial charge in [0.15, 0.2) is 0 Å². The van der Waals surface area contributed by atoms with Crippen LogP contribution in [0, 0.1) is 0 Å². The molecule has 2 rings (SSSR count). The van der Waals surface area contributed by atoms with Crippen molar-refractivity contribution in [2.24, 2.45) is 5.73 Å². The Kier molecular flexibility index (Phi) is 2.54. The molecule has 0 amide bonds. The van der Waals surface area contributed by atoms with Crippen molar-refractivity contribution in [1.82, 2.24) is 9.38 Å². The molecule has 0 aromatic carbocycles. The number of aliphatic hydroxyl groups excluding tert-OH is 1. The monoisotopic (exact) mass is 255 g/mol. The standard InChI is InChI=1S/C9H10BrN3O/c10-6-1-2-13-4-8(7(11)5-14)12-9(13)3-6/h1-4,7,14H,5,11H2. The van der Waals surface area contributed by atoms with Crippen LogP contribution in [0.25, 0.3) is 5.65 Å². The molecule has 0 radical (unpaired) electrons. The third-order valence-corrected chi connectivity index (χ3v) is 2.51. The van der Waals surface area contributed by atoms with E-state index >= 15 is 0 Å². The predicted molar refractivity (Wildman–Crippen MR) is 56.9 cm³/mol. The fourth-order valence-electron chi connectivity index (χ4n) is 1.25. The van der Waals surface area contributed by atoms with Crippen LogP contribution < -0.4 is 5.73 Å². The van der Waals surface area contributed by atoms with Crippen molar-refractivity contribution in [3.63, 3.8) is 0 Å². The maximum atomic E-state index is 8.88. The Morgan fingerprint density at radius 2 is 2.43 bits per heavy atom. The molecule has 2 aromatic rings. The van der Waals surface area contributed by atoms with Gasteiger partial charge in [0.1, 0.15) is 5.65 Å². The van der Waals surface area contributed by atoms with Crippen LogP contribution in [0.1, 0.15) is 11.7 Å². The molecule has 0 aliphatic carbocycles. The quantitative estimate of drug-likeness (QED) is 0.845. The summed E-state index contributed by atoms with van der Waals surface area (Å²) in [5, 5.41) is 8.88. The number of pyridine rings is 1. The first-order valence-electron chi connectivity index (χ1n) is 4.21. The molecule has 0 saturated carbocycles. The number of aliphatic hydroxyl groups is 1. The molecule has 2 aromatic heterocycles. The van der Waals surface area contributed by atoms with E-state index in [0.717, 1.165) is 10.1 Å². The Labute approximate surface area is 89.5 Å². The van der Waals surface area contributed by atoms with E-state index in [0.29, 0.717) is 5.69 Å². The lowest BCUT2D eigenvalue weighted by Gasteiger charge is -2.00. The minimum absolute atomic E-state index is 0.0922. The molecule has 3 N–H and O–H groups in total. The summed E-state index contributed by atoms with van der Waals surface area (Å²) < 4.78 is 2.84. The Hall–Kier alpha value is -0.910. The predicted octanol–water partition coefficient (Wildman–Crippen LogP) is 1.09. The van der Waals surface area contributed by atoms with Crippen LogP contribution in [0.15, 0.2) is 29.0 Å². The number of nitrogens with zero attached hydrogens (tertiary/aromatic N) is 2. The van der Waals surface area contributed by atoms with Gasteiger partial charge in [-0.25, -0.2) is 4.98 Å². The van der Waals surface area contributed by atoms with Crippen molar-refractivity contribution in [2.45, 2.75) is 6.04 Å². The highest BCUT2D eigenvalue weighted by atomic mass is 79.9. The second-order valence-corrected chi connectivity index (χ2v) is 3.98. The summed E-state index contributed by atoms with van der Waals surface area (Å²) in [5.74, 6) is 0. The van der Waals surface area contributed by atoms with E-state index in [1.165, 1.54) is 0 Å². The van der Waals surface area contributed by atoms with Gasteiger partial charge in [-0.3, -0.25) is 0 Å². The van der Waals surface area contributed by atoms with Gasteiger partial charge in [-0.15, -0.1) is 0 Å². The highest BCUT2D eigenvalue weighted by molar-refractivity contribution is 9.10. The van der Waals surface area contributed by atoms with Crippen molar-refractivity contribution < 1.29 is 5.11 Å². The molecular weight excluding hydrogens is 246 g/mol. The molecule has 0 spiro atoms. The average Bonchev–Trinajstić information content (AvgIpc) is 2.59. The van der Waals surface area contributed by atoms with E-state index in [-0.39, 0.29) is 6.61 Å². The molecule has 74 valence electrons. The number of nitrogens with two attached hydrogens (primary N) is 1. The minimum Gasteiger partial charge on any atom is -0.394 e. The fraction of sp³-hybridized carbons (Fsp3) is 0.222. The first-order chi connectivity index (χ1) is 6.70. The van der Waals surface area contributed by atoms with E-state index < -0.39 is 6.04 Å². The Balaban J connectivity index is 2.51. The molecule has 0 saturated heterocycles. The van der Waals surface area contributed by atoms with E-state index in [2.05, 4.69) is 20.9 Å². The van der Waals surface area contributed by atoms with Gasteiger partial charge in [0.2, 0.25) is 0 Å². The molecule has 0 aliphatic heterocycles. The zero-order chi connectivity index (χ0) is 10.1. The molecule has 1 atom stereocenters. The second-order valence-electron chi connectivity index (χ2n) is 3.07. The first-order valence-corrected chi connectivity index (χ1v) is 5.00. The summed E-state index contributed by atoms with van der Waals surface area (Å²) in [6, 6.07) is 3.41. The van der Waals surface area contributed by atoms with Crippen LogP contribution in [0.2, 0.25) is 0 Å². The van der Waals surface area contributed by atoms with Gasteiger partial charge in [0.25, 0.3) is 0 Å². The van der Waals surface area contributed by atoms with E-state index in [9.17, 15) is 0 Å². The van der Waals surface area contributed by atoms with Crippen molar-refractivity contribution in [2.75, 3.05) is 6.61 Å². The molecule has 0 fully saturated rings. The van der Waals surface area contributed by atoms with Gasteiger partial charge in [0, 0.05) is 16.9 Å². The van der Waals surface area contributed by atoms with Crippen LogP contribution in [-0.4, -0.2) is 21.1 Å². The Morgan fingerprint density at radius 1 is 1.64 bits per heavy atom. The summed E-state index contributed by atoms with van der Waals surface area (Å²) in [6.07, 6.45) is 3.71. The minimum atomic E-state index is -0.409. The second kappa shape index (κ2) is 3.68. The third kappa shape index (κ3) is 1.66. The van der Waals surface area contributed by atoms with E-state index in [1.807, 2.05) is 28.9 Å². The van der Waals surface area contributed by atoms with Gasteiger partial charge in [-0.05, 0) is 12.1 Å². The molecule has 0 bridgehead atoms. The lowest BCUT2D eigenvalue weighted by Crippen LogP contribution is -2.14. The maximum absolute atomic E-state index is 8.88. The number of fused-ring (bicyclic) bond motifs is 1. The zero-order valence-electron chi connectivity index (χ0n) is 7.39. The first kappa shape index (κ1) is 9.64. The van der Waals surface area contributed by atoms with Gasteiger partial charge >= 0.3 is 0 Å². The van der Waals surface area contributed by atoms with Gasteiger partial charge < -0.3 is 15.2 Å². The highest BCUT2D eigenvalue weighted by Gasteiger charge is 2.08. The molecule has 5 heteroatoms. The summed E-state index contributed by atoms with van der Waals surface area (Å²) in [7, 11) is 0. The summed E-state index contributed by atoms with van der Waals surface area (Å²) in [5.41, 5.74) is 7.18. The summed E-state index contributed by atoms with van der Waals surface area (Å²) in [4.78, 5) is 4.29. The smallest absolute Gasteiger partial charge is 0.138 e. The Bertz CT molecular complexity index is 454. The van der Waals surface area contributed by atoms with Crippen LogP contribution in [0.5, 0.6) is 0 Å². The Morgan fingerprint density at radius 3 is 3.14 bits per heavy atom. The lowest BCUT2D eigenvalue weighted by molar-refractivity contribution is 0.266. The number of halogens is 1. The van der Waals surface area contributed by atoms with E-state index in [1.54, 1.807) is 0 Å². The number of aromatic nitrogens is 2. The maximum Gasteiger partial charge on any atom is 0.138 e. The normalized spacial score (nSPS) is 13.4. The van der Waals surface area contributed by atoms with Crippen LogP contribution in [-0.2, 0) is 0 Å². The summed E-state index contributed by atoms with van der Waals surface area (Å²) in [6.45, 7) is -0.0922. The largest absolute Gasteiger partial charge is 0.394 e. The lowest BCUT2D eigenvalue weighted by atomic mass is 10.2. The molecular formula is C9H10BrN3O. The highest BCUT2D eigenvalue weighted by Crippen LogP contribution is 2.15. The van der Waals surface area contributed by atoms with Crippen molar-refractivity contribution in [1.29, 1.82) is 0 Å². The topological polar surface area (TPSA) is 63.5 Å². The van der Waals surface area contributed by atoms with Crippen molar-refractivity contribution in [3.05, 3.63) is 34.7 Å². The SMILES string of the molecule is NC(CO)c1cn2ccc(Br)cc2n1. The van der Waals surface area contributed by atoms with Crippen molar-refractivity contribution in [3.8, 4) is 0 Å². The number of rotatable bonds is 2. The van der Waals surface area contributed by atoms with Crippen molar-refractivity contribution >= 4 is 21.6 Å². The summed E-state index contributed by atoms with van der Waals surface area (Å²) >= 11 is 3.36. The molecule has 1 unspecified atom stereocenters. The number of hydrogen-bond acceptors (Lipinski definition) is 3. The zero-order valence-corrected chi connectivity index (χ0v) is 8.98. The van der Waals surface area contributed by atoms with Gasteiger partial charge in [-0.2, -0.15) is 0 Å². The number of imidazole rings is 1. The van der Waals surface area contributed by atoms with Gasteiger partial charge in [-0.1, -0.05) is 15.9 Å². The third-order valence-electron chi connectivity index (χ3n) is 2.02. The average molecular weight is 256 g/mol. The van der Waals surface area contributed by atoms with Gasteiger partial charge in [0.05, 0.1) is 18.3 Å². The molecule has 2 heterocycles.